The first kappa shape index (κ1) is 42.8. The van der Waals surface area contributed by atoms with Crippen molar-refractivity contribution >= 4 is 25.2 Å². The highest BCUT2D eigenvalue weighted by Crippen LogP contribution is 2.41. The van der Waals surface area contributed by atoms with Crippen LogP contribution in [-0.4, -0.2) is 79.3 Å². The van der Waals surface area contributed by atoms with Crippen molar-refractivity contribution in [3.05, 3.63) is 126 Å². The highest BCUT2D eigenvalue weighted by atomic mass is 16.6. The molecule has 17 heteroatoms. The summed E-state index contributed by atoms with van der Waals surface area (Å²) in [7, 11) is -0.518. The smallest absolute Gasteiger partial charge is 0.523 e. The SMILES string of the molecule is CCNC(=O)c1nnc(-c2cc(C(C)C)c(O)cc2O)n1-c1ccc(Oc2ccc3c(c2)OB(C[C@@H](C)CCN[C@H](c2ccccc2)C(C=O)NC(=O)c2cnccn2)O3)cc1. The largest absolute Gasteiger partial charge is 0.595 e. The van der Waals surface area contributed by atoms with Gasteiger partial charge in [-0.3, -0.25) is 19.1 Å². The van der Waals surface area contributed by atoms with Crippen molar-refractivity contribution in [3.8, 4) is 51.6 Å². The Morgan fingerprint density at radius 2 is 1.65 bits per heavy atom. The minimum Gasteiger partial charge on any atom is -0.523 e. The average Bonchev–Trinajstić information content (AvgIpc) is 3.89. The Hall–Kier alpha value is -7.27. The molecule has 5 N–H and O–H groups in total. The summed E-state index contributed by atoms with van der Waals surface area (Å²) in [6.07, 6.45) is 6.29. The Balaban J connectivity index is 0.978. The number of phenols is 2. The van der Waals surface area contributed by atoms with E-state index in [0.717, 1.165) is 18.3 Å². The van der Waals surface area contributed by atoms with Gasteiger partial charge in [-0.25, -0.2) is 4.98 Å². The fraction of sp³-hybridized carbons (Fsp3) is 0.267. The maximum atomic E-state index is 13.1. The van der Waals surface area contributed by atoms with Gasteiger partial charge in [-0.15, -0.1) is 10.2 Å². The number of rotatable bonds is 18. The molecule has 1 aliphatic heterocycles. The van der Waals surface area contributed by atoms with Crippen molar-refractivity contribution in [1.82, 2.24) is 40.7 Å². The van der Waals surface area contributed by atoms with Crippen LogP contribution in [0.1, 0.15) is 78.3 Å². The van der Waals surface area contributed by atoms with Crippen LogP contribution in [0, 0.1) is 5.92 Å². The molecular formula is C45H47BN8O8. The zero-order valence-electron chi connectivity index (χ0n) is 34.7. The average molecular weight is 839 g/mol. The summed E-state index contributed by atoms with van der Waals surface area (Å²) in [5.74, 6) is 1.33. The first-order chi connectivity index (χ1) is 30.0. The van der Waals surface area contributed by atoms with E-state index in [4.69, 9.17) is 14.0 Å². The molecule has 1 aliphatic rings. The molecule has 62 heavy (non-hydrogen) atoms. The van der Waals surface area contributed by atoms with Crippen LogP contribution in [-0.2, 0) is 4.79 Å². The van der Waals surface area contributed by atoms with Crippen LogP contribution in [0.25, 0.3) is 17.1 Å². The van der Waals surface area contributed by atoms with Crippen molar-refractivity contribution in [3.63, 3.8) is 0 Å². The number of benzene rings is 4. The Kier molecular flexibility index (Phi) is 13.4. The van der Waals surface area contributed by atoms with Crippen LogP contribution >= 0.6 is 0 Å². The normalized spacial score (nSPS) is 13.3. The Labute approximate surface area is 358 Å². The molecule has 0 bridgehead atoms. The monoisotopic (exact) mass is 838 g/mol. The van der Waals surface area contributed by atoms with Crippen molar-refractivity contribution < 1.29 is 38.6 Å². The van der Waals surface area contributed by atoms with Crippen LogP contribution in [0.4, 0.5) is 0 Å². The van der Waals surface area contributed by atoms with Gasteiger partial charge < -0.3 is 45.0 Å². The molecule has 3 atom stereocenters. The highest BCUT2D eigenvalue weighted by Gasteiger charge is 2.34. The van der Waals surface area contributed by atoms with E-state index in [0.29, 0.717) is 59.2 Å². The van der Waals surface area contributed by atoms with Gasteiger partial charge in [0.1, 0.15) is 52.5 Å². The maximum Gasteiger partial charge on any atom is 0.595 e. The Morgan fingerprint density at radius 1 is 0.887 bits per heavy atom. The van der Waals surface area contributed by atoms with E-state index in [1.807, 2.05) is 44.2 Å². The van der Waals surface area contributed by atoms with Gasteiger partial charge in [0.15, 0.2) is 5.82 Å². The number of phenolic OH excluding ortho intramolecular Hbond substituents is 2. The van der Waals surface area contributed by atoms with Crippen molar-refractivity contribution in [2.45, 2.75) is 58.4 Å². The second kappa shape index (κ2) is 19.4. The molecule has 0 spiro atoms. The molecule has 0 saturated heterocycles. The molecule has 16 nitrogen and oxygen atoms in total. The third-order valence-corrected chi connectivity index (χ3v) is 10.3. The van der Waals surface area contributed by atoms with Gasteiger partial charge >= 0.3 is 7.12 Å². The van der Waals surface area contributed by atoms with E-state index in [9.17, 15) is 24.6 Å². The van der Waals surface area contributed by atoms with Gasteiger partial charge in [0.2, 0.25) is 5.82 Å². The maximum absolute atomic E-state index is 13.1. The van der Waals surface area contributed by atoms with E-state index >= 15 is 0 Å². The van der Waals surface area contributed by atoms with Crippen LogP contribution in [0.3, 0.4) is 0 Å². The number of ether oxygens (including phenoxy) is 1. The number of aromatic nitrogens is 5. The number of carbonyl (C=O) groups excluding carboxylic acids is 3. The molecule has 0 aliphatic carbocycles. The second-order valence-corrected chi connectivity index (χ2v) is 15.2. The molecule has 3 heterocycles. The van der Waals surface area contributed by atoms with E-state index in [1.165, 1.54) is 24.7 Å². The predicted octanol–water partition coefficient (Wildman–Crippen LogP) is 6.41. The van der Waals surface area contributed by atoms with Crippen LogP contribution in [0.2, 0.25) is 6.32 Å². The molecule has 1 unspecified atom stereocenters. The van der Waals surface area contributed by atoms with E-state index in [1.54, 1.807) is 60.0 Å². The summed E-state index contributed by atoms with van der Waals surface area (Å²) in [6.45, 7) is 8.66. The number of nitrogens with zero attached hydrogens (tertiary/aromatic N) is 5. The number of hydrogen-bond acceptors (Lipinski definition) is 13. The zero-order chi connectivity index (χ0) is 43.8. The summed E-state index contributed by atoms with van der Waals surface area (Å²) in [6, 6.07) is 23.4. The molecule has 4 aromatic carbocycles. The number of fused-ring (bicyclic) bond motifs is 1. The lowest BCUT2D eigenvalue weighted by Gasteiger charge is -2.26. The minimum atomic E-state index is -0.855. The Morgan fingerprint density at radius 3 is 2.35 bits per heavy atom. The quantitative estimate of drug-likeness (QED) is 0.0468. The number of amides is 2. The summed E-state index contributed by atoms with van der Waals surface area (Å²) >= 11 is 0. The number of nitrogens with one attached hydrogen (secondary N) is 3. The van der Waals surface area contributed by atoms with Gasteiger partial charge in [0.25, 0.3) is 11.8 Å². The molecule has 0 radical (unpaired) electrons. The lowest BCUT2D eigenvalue weighted by Crippen LogP contribution is -2.46. The molecule has 2 amide bonds. The molecule has 6 aromatic rings. The second-order valence-electron chi connectivity index (χ2n) is 15.2. The molecule has 2 aromatic heterocycles. The number of aldehydes is 1. The van der Waals surface area contributed by atoms with E-state index in [2.05, 4.69) is 43.0 Å². The van der Waals surface area contributed by atoms with Gasteiger partial charge in [0.05, 0.1) is 17.8 Å². The van der Waals surface area contributed by atoms with Crippen molar-refractivity contribution in [2.24, 2.45) is 5.92 Å². The first-order valence-electron chi connectivity index (χ1n) is 20.4. The van der Waals surface area contributed by atoms with E-state index < -0.39 is 31.0 Å². The fourth-order valence-electron chi connectivity index (χ4n) is 7.15. The fourth-order valence-corrected chi connectivity index (χ4v) is 7.15. The summed E-state index contributed by atoms with van der Waals surface area (Å²) in [5, 5.41) is 38.8. The number of carbonyl (C=O) groups is 3. The van der Waals surface area contributed by atoms with Crippen molar-refractivity contribution in [1.29, 1.82) is 0 Å². The highest BCUT2D eigenvalue weighted by molar-refractivity contribution is 6.47. The number of aromatic hydroxyl groups is 2. The minimum absolute atomic E-state index is 0.0218. The third kappa shape index (κ3) is 9.85. The van der Waals surface area contributed by atoms with Gasteiger partial charge in [-0.05, 0) is 85.3 Å². The predicted molar refractivity (Wildman–Crippen MR) is 231 cm³/mol. The molecule has 0 saturated carbocycles. The lowest BCUT2D eigenvalue weighted by atomic mass is 9.77. The summed E-state index contributed by atoms with van der Waals surface area (Å²) in [4.78, 5) is 46.2. The molecule has 318 valence electrons. The lowest BCUT2D eigenvalue weighted by molar-refractivity contribution is -0.110. The van der Waals surface area contributed by atoms with Gasteiger partial charge in [-0.1, -0.05) is 51.1 Å². The van der Waals surface area contributed by atoms with E-state index in [-0.39, 0.29) is 40.7 Å². The van der Waals surface area contributed by atoms with Gasteiger partial charge in [0, 0.05) is 43.1 Å². The van der Waals surface area contributed by atoms with Crippen LogP contribution in [0.15, 0.2) is 104 Å². The molecule has 7 rings (SSSR count). The molecular weight excluding hydrogens is 791 g/mol. The zero-order valence-corrected chi connectivity index (χ0v) is 34.7. The Bertz CT molecular complexity index is 2510. The summed E-state index contributed by atoms with van der Waals surface area (Å²) in [5.41, 5.74) is 2.43. The van der Waals surface area contributed by atoms with Crippen molar-refractivity contribution in [2.75, 3.05) is 13.1 Å². The van der Waals surface area contributed by atoms with Gasteiger partial charge in [-0.2, -0.15) is 0 Å². The first-order valence-corrected chi connectivity index (χ1v) is 20.4. The summed E-state index contributed by atoms with van der Waals surface area (Å²) < 4.78 is 20.1. The van der Waals surface area contributed by atoms with Crippen LogP contribution < -0.4 is 30.0 Å². The van der Waals surface area contributed by atoms with Crippen LogP contribution in [0.5, 0.6) is 34.5 Å². The topological polar surface area (TPSA) is 212 Å². The number of hydrogen-bond donors (Lipinski definition) is 5. The third-order valence-electron chi connectivity index (χ3n) is 10.3. The molecule has 0 fully saturated rings. The standard InChI is InChI=1S/C45H47BN8O8/c1-5-48-45(59)43-53-52-42(34-22-33(27(2)3)37(56)23-38(34)57)54(43)30-11-13-31(14-12-30)60-32-15-16-39-40(21-32)62-46(61-39)24-28(4)17-18-50-41(29-9-7-6-8-10-29)36(26-55)51-44(58)35-25-47-19-20-49-35/h6-16,19-23,25-28,36,41,50,56-57H,5,17-18,24H2,1-4H3,(H,48,59)(H,51,58)/t28-,36?,41+/m0/s1.